The van der Waals surface area contributed by atoms with E-state index in [0.717, 1.165) is 0 Å². The van der Waals surface area contributed by atoms with E-state index in [2.05, 4.69) is 32.0 Å². The summed E-state index contributed by atoms with van der Waals surface area (Å²) in [5, 5.41) is 0. The minimum Gasteiger partial charge on any atom is -0.363 e. The van der Waals surface area contributed by atoms with Crippen LogP contribution in [0.25, 0.3) is 0 Å². The zero-order valence-corrected chi connectivity index (χ0v) is 7.54. The lowest BCUT2D eigenvalue weighted by Crippen LogP contribution is -2.24. The highest BCUT2D eigenvalue weighted by atomic mass is 15.1. The van der Waals surface area contributed by atoms with Crippen LogP contribution < -0.4 is 0 Å². The van der Waals surface area contributed by atoms with Crippen LogP contribution in [-0.4, -0.2) is 24.3 Å². The van der Waals surface area contributed by atoms with E-state index in [0.29, 0.717) is 11.7 Å². The van der Waals surface area contributed by atoms with Crippen molar-refractivity contribution in [2.24, 2.45) is 4.99 Å². The van der Waals surface area contributed by atoms with E-state index in [1.807, 2.05) is 11.9 Å². The van der Waals surface area contributed by atoms with E-state index in [-0.39, 0.29) is 0 Å². The molecule has 0 atom stereocenters. The van der Waals surface area contributed by atoms with Crippen molar-refractivity contribution >= 4 is 6.34 Å². The molecule has 0 aliphatic rings. The van der Waals surface area contributed by atoms with Crippen LogP contribution in [-0.2, 0) is 0 Å². The van der Waals surface area contributed by atoms with Gasteiger partial charge in [-0.2, -0.15) is 0 Å². The smallest absolute Gasteiger partial charge is 0.0911 e. The molecule has 2 heteroatoms. The number of rotatable bonds is 4. The van der Waals surface area contributed by atoms with Gasteiger partial charge >= 0.3 is 0 Å². The molecule has 0 N–H and O–H groups in total. The van der Waals surface area contributed by atoms with E-state index in [9.17, 15) is 0 Å². The van der Waals surface area contributed by atoms with Crippen LogP contribution in [0.15, 0.2) is 29.9 Å². The largest absolute Gasteiger partial charge is 0.363 e. The maximum atomic E-state index is 4.05. The van der Waals surface area contributed by atoms with Crippen molar-refractivity contribution in [3.8, 4) is 0 Å². The van der Waals surface area contributed by atoms with Gasteiger partial charge in [-0.1, -0.05) is 13.2 Å². The Morgan fingerprint density at radius 1 is 1.55 bits per heavy atom. The van der Waals surface area contributed by atoms with Crippen molar-refractivity contribution in [3.05, 3.63) is 24.9 Å². The Hall–Kier alpha value is -1.05. The second kappa shape index (κ2) is 4.72. The number of nitrogens with zero attached hydrogens (tertiary/aromatic N) is 2. The summed E-state index contributed by atoms with van der Waals surface area (Å²) in [5.74, 6) is 0. The zero-order valence-electron chi connectivity index (χ0n) is 7.54. The van der Waals surface area contributed by atoms with Crippen LogP contribution >= 0.6 is 0 Å². The molecule has 2 nitrogen and oxygen atoms in total. The van der Waals surface area contributed by atoms with Gasteiger partial charge < -0.3 is 4.90 Å². The van der Waals surface area contributed by atoms with Gasteiger partial charge in [0.2, 0.25) is 0 Å². The molecule has 0 fully saturated rings. The Morgan fingerprint density at radius 3 is 2.45 bits per heavy atom. The quantitative estimate of drug-likeness (QED) is 0.342. The van der Waals surface area contributed by atoms with Gasteiger partial charge in [0.25, 0.3) is 0 Å². The molecule has 0 saturated carbocycles. The van der Waals surface area contributed by atoms with Crippen LogP contribution in [0.1, 0.15) is 13.8 Å². The summed E-state index contributed by atoms with van der Waals surface area (Å²) in [6, 6.07) is 0.469. The first-order chi connectivity index (χ1) is 5.07. The highest BCUT2D eigenvalue weighted by Gasteiger charge is 1.95. The number of hydrogen-bond acceptors (Lipinski definition) is 1. The fraction of sp³-hybridized carbons (Fsp3) is 0.444. The van der Waals surface area contributed by atoms with E-state index in [1.165, 1.54) is 0 Å². The summed E-state index contributed by atoms with van der Waals surface area (Å²) in [4.78, 5) is 6.06. The molecule has 0 bridgehead atoms. The second-order valence-corrected chi connectivity index (χ2v) is 2.70. The minimum absolute atomic E-state index is 0.469. The average Bonchev–Trinajstić information content (AvgIpc) is 1.99. The number of allylic oxidation sites excluding steroid dienone is 1. The normalized spacial score (nSPS) is 10.5. The summed E-state index contributed by atoms with van der Waals surface area (Å²) in [6.07, 6.45) is 3.39. The van der Waals surface area contributed by atoms with Gasteiger partial charge in [0.1, 0.15) is 0 Å². The Morgan fingerprint density at radius 2 is 2.09 bits per heavy atom. The fourth-order valence-corrected chi connectivity index (χ4v) is 0.351. The lowest BCUT2D eigenvalue weighted by atomic mass is 10.4. The molecular weight excluding hydrogens is 136 g/mol. The lowest BCUT2D eigenvalue weighted by Gasteiger charge is -2.16. The topological polar surface area (TPSA) is 15.6 Å². The van der Waals surface area contributed by atoms with Crippen molar-refractivity contribution in [3.63, 3.8) is 0 Å². The third kappa shape index (κ3) is 4.37. The minimum atomic E-state index is 0.469. The molecule has 0 aromatic rings. The van der Waals surface area contributed by atoms with Crippen molar-refractivity contribution in [2.75, 3.05) is 7.05 Å². The van der Waals surface area contributed by atoms with E-state index >= 15 is 0 Å². The molecule has 0 heterocycles. The van der Waals surface area contributed by atoms with E-state index < -0.39 is 0 Å². The van der Waals surface area contributed by atoms with Crippen molar-refractivity contribution < 1.29 is 0 Å². The Kier molecular flexibility index (Phi) is 4.27. The van der Waals surface area contributed by atoms with Crippen LogP contribution in [0.4, 0.5) is 0 Å². The Bertz CT molecular complexity index is 168. The standard InChI is InChI=1S/C9H16N2/c1-6-9(4)10-7-11(5)8(2)3/h6-8H,1,4H2,2-3,5H3. The van der Waals surface area contributed by atoms with Crippen molar-refractivity contribution in [1.82, 2.24) is 4.90 Å². The summed E-state index contributed by atoms with van der Waals surface area (Å²) in [6.45, 7) is 11.4. The van der Waals surface area contributed by atoms with Crippen LogP contribution in [0.5, 0.6) is 0 Å². The summed E-state index contributed by atoms with van der Waals surface area (Å²) in [7, 11) is 1.98. The number of aliphatic imine (C=N–C) groups is 1. The lowest BCUT2D eigenvalue weighted by molar-refractivity contribution is 0.429. The zero-order chi connectivity index (χ0) is 8.85. The molecule has 0 amide bonds. The first-order valence-corrected chi connectivity index (χ1v) is 3.65. The molecule has 0 radical (unpaired) electrons. The molecule has 11 heavy (non-hydrogen) atoms. The predicted molar refractivity (Wildman–Crippen MR) is 50.7 cm³/mol. The van der Waals surface area contributed by atoms with Gasteiger partial charge in [0.05, 0.1) is 12.0 Å². The molecule has 0 aromatic carbocycles. The molecule has 0 spiro atoms. The summed E-state index contributed by atoms with van der Waals surface area (Å²) >= 11 is 0. The second-order valence-electron chi connectivity index (χ2n) is 2.70. The summed E-state index contributed by atoms with van der Waals surface area (Å²) < 4.78 is 0. The third-order valence-corrected chi connectivity index (χ3v) is 1.46. The Labute approximate surface area is 68.9 Å². The highest BCUT2D eigenvalue weighted by molar-refractivity contribution is 5.57. The SMILES string of the molecule is C=CC(=C)N=CN(C)C(C)C. The van der Waals surface area contributed by atoms with Gasteiger partial charge in [0.15, 0.2) is 0 Å². The van der Waals surface area contributed by atoms with Gasteiger partial charge in [-0.25, -0.2) is 4.99 Å². The van der Waals surface area contributed by atoms with E-state index in [1.54, 1.807) is 12.4 Å². The molecule has 0 aromatic heterocycles. The molecule has 0 aliphatic carbocycles. The monoisotopic (exact) mass is 152 g/mol. The molecule has 0 aliphatic heterocycles. The van der Waals surface area contributed by atoms with Crippen LogP contribution in [0.2, 0.25) is 0 Å². The average molecular weight is 152 g/mol. The summed E-state index contributed by atoms with van der Waals surface area (Å²) in [5.41, 5.74) is 0.692. The van der Waals surface area contributed by atoms with Crippen LogP contribution in [0, 0.1) is 0 Å². The van der Waals surface area contributed by atoms with Crippen LogP contribution in [0.3, 0.4) is 0 Å². The Balaban J connectivity index is 3.92. The van der Waals surface area contributed by atoms with E-state index in [4.69, 9.17) is 0 Å². The maximum Gasteiger partial charge on any atom is 0.0911 e. The molecular formula is C9H16N2. The number of hydrogen-bond donors (Lipinski definition) is 0. The third-order valence-electron chi connectivity index (χ3n) is 1.46. The predicted octanol–water partition coefficient (Wildman–Crippen LogP) is 2.05. The molecule has 0 rings (SSSR count). The highest BCUT2D eigenvalue weighted by Crippen LogP contribution is 1.94. The molecule has 0 unspecified atom stereocenters. The molecule has 62 valence electrons. The van der Waals surface area contributed by atoms with Gasteiger partial charge in [0, 0.05) is 13.1 Å². The van der Waals surface area contributed by atoms with Gasteiger partial charge in [-0.15, -0.1) is 0 Å². The van der Waals surface area contributed by atoms with Gasteiger partial charge in [-0.3, -0.25) is 0 Å². The maximum absolute atomic E-state index is 4.05. The van der Waals surface area contributed by atoms with Crippen molar-refractivity contribution in [1.29, 1.82) is 0 Å². The first-order valence-electron chi connectivity index (χ1n) is 3.65. The first kappa shape index (κ1) is 9.95. The van der Waals surface area contributed by atoms with Crippen molar-refractivity contribution in [2.45, 2.75) is 19.9 Å². The molecule has 0 saturated heterocycles. The van der Waals surface area contributed by atoms with Gasteiger partial charge in [-0.05, 0) is 19.9 Å². The fourth-order valence-electron chi connectivity index (χ4n) is 0.351.